The van der Waals surface area contributed by atoms with E-state index >= 15 is 0 Å². The molecule has 1 aliphatic carbocycles. The summed E-state index contributed by atoms with van der Waals surface area (Å²) in [6.45, 7) is 0. The number of nitrogens with zero attached hydrogens (tertiary/aromatic N) is 1. The molecule has 140 valence electrons. The van der Waals surface area contributed by atoms with E-state index in [9.17, 15) is 34.2 Å². The molecule has 1 heterocycles. The minimum absolute atomic E-state index is 0.0766. The number of rotatable bonds is 2. The third-order valence-electron chi connectivity index (χ3n) is 4.52. The summed E-state index contributed by atoms with van der Waals surface area (Å²) in [5.41, 5.74) is -1.25. The molecular weight excluding hydrogens is 370 g/mol. The lowest BCUT2D eigenvalue weighted by molar-refractivity contribution is -0.172. The summed E-state index contributed by atoms with van der Waals surface area (Å²) < 4.78 is 0. The van der Waals surface area contributed by atoms with Crippen LogP contribution in [-0.4, -0.2) is 44.6 Å². The maximum atomic E-state index is 12.7. The number of hydrogen-bond donors (Lipinski definition) is 2. The number of carbonyl (C=O) groups is 5. The van der Waals surface area contributed by atoms with Gasteiger partial charge in [0, 0.05) is 24.0 Å². The minimum atomic E-state index is -1.15. The lowest BCUT2D eigenvalue weighted by Gasteiger charge is -2.20. The number of benzene rings is 2. The maximum Gasteiger partial charge on any atom is 0.364 e. The highest BCUT2D eigenvalue weighted by Gasteiger charge is 2.37. The van der Waals surface area contributed by atoms with Crippen LogP contribution < -0.4 is 0 Å². The van der Waals surface area contributed by atoms with Gasteiger partial charge in [-0.3, -0.25) is 19.2 Å². The molecule has 2 amide bonds. The van der Waals surface area contributed by atoms with Gasteiger partial charge < -0.3 is 15.1 Å². The molecule has 2 N–H and O–H groups in total. The molecule has 9 heteroatoms. The van der Waals surface area contributed by atoms with Crippen LogP contribution in [0.4, 0.5) is 0 Å². The van der Waals surface area contributed by atoms with Crippen molar-refractivity contribution in [3.8, 4) is 11.5 Å². The van der Waals surface area contributed by atoms with Crippen LogP contribution in [0.5, 0.6) is 11.5 Å². The van der Waals surface area contributed by atoms with Crippen LogP contribution in [0, 0.1) is 0 Å². The first-order valence-corrected chi connectivity index (χ1v) is 8.16. The molecular formula is C19H11NO8. The van der Waals surface area contributed by atoms with Gasteiger partial charge in [-0.25, -0.2) is 4.79 Å². The molecule has 1 saturated heterocycles. The molecule has 0 spiro atoms. The summed E-state index contributed by atoms with van der Waals surface area (Å²) >= 11 is 0. The molecule has 0 radical (unpaired) electrons. The molecule has 0 unspecified atom stereocenters. The number of imide groups is 1. The van der Waals surface area contributed by atoms with Crippen molar-refractivity contribution in [3.05, 3.63) is 58.1 Å². The molecule has 4 rings (SSSR count). The van der Waals surface area contributed by atoms with Crippen LogP contribution in [0.1, 0.15) is 55.0 Å². The average molecular weight is 381 g/mol. The van der Waals surface area contributed by atoms with Crippen molar-refractivity contribution in [2.75, 3.05) is 0 Å². The van der Waals surface area contributed by atoms with E-state index < -0.39 is 40.8 Å². The summed E-state index contributed by atoms with van der Waals surface area (Å²) in [5, 5.41) is 20.5. The summed E-state index contributed by atoms with van der Waals surface area (Å²) in [6, 6.07) is 5.88. The fourth-order valence-corrected chi connectivity index (χ4v) is 3.19. The second kappa shape index (κ2) is 6.02. The summed E-state index contributed by atoms with van der Waals surface area (Å²) in [4.78, 5) is 65.6. The topological polar surface area (TPSA) is 138 Å². The van der Waals surface area contributed by atoms with E-state index in [1.807, 2.05) is 0 Å². The quantitative estimate of drug-likeness (QED) is 0.629. The third-order valence-corrected chi connectivity index (χ3v) is 4.52. The number of aromatic hydroxyl groups is 2. The first kappa shape index (κ1) is 17.4. The van der Waals surface area contributed by atoms with Gasteiger partial charge in [0.2, 0.25) is 5.78 Å². The Kier molecular flexibility index (Phi) is 3.74. The predicted octanol–water partition coefficient (Wildman–Crippen LogP) is 1.09. The predicted molar refractivity (Wildman–Crippen MR) is 89.6 cm³/mol. The van der Waals surface area contributed by atoms with Gasteiger partial charge in [-0.2, -0.15) is 0 Å². The van der Waals surface area contributed by atoms with Gasteiger partial charge in [-0.05, 0) is 18.2 Å². The van der Waals surface area contributed by atoms with Gasteiger partial charge in [0.25, 0.3) is 11.8 Å². The molecule has 28 heavy (non-hydrogen) atoms. The van der Waals surface area contributed by atoms with Crippen LogP contribution >= 0.6 is 0 Å². The highest BCUT2D eigenvalue weighted by molar-refractivity contribution is 6.30. The third kappa shape index (κ3) is 2.44. The highest BCUT2D eigenvalue weighted by Crippen LogP contribution is 2.37. The molecule has 1 aliphatic heterocycles. The van der Waals surface area contributed by atoms with E-state index in [2.05, 4.69) is 0 Å². The number of hydrogen-bond acceptors (Lipinski definition) is 8. The Bertz CT molecular complexity index is 1100. The molecule has 0 bridgehead atoms. The number of carbonyl (C=O) groups excluding carboxylic acids is 5. The van der Waals surface area contributed by atoms with Crippen LogP contribution in [0.25, 0.3) is 0 Å². The van der Waals surface area contributed by atoms with Crippen molar-refractivity contribution in [2.24, 2.45) is 0 Å². The van der Waals surface area contributed by atoms with Crippen molar-refractivity contribution >= 4 is 29.4 Å². The van der Waals surface area contributed by atoms with E-state index in [1.165, 1.54) is 18.2 Å². The standard InChI is InChI=1S/C19H11NO8/c21-11-3-1-2-9-15(11)18(26)16-10(17(9)25)6-8(7-12(16)22)19(27)28-20-13(23)4-5-14(20)24/h1-3,6-7,21-22H,4-5H2. The summed E-state index contributed by atoms with van der Waals surface area (Å²) in [6.07, 6.45) is -0.177. The van der Waals surface area contributed by atoms with Crippen LogP contribution in [0.3, 0.4) is 0 Å². The van der Waals surface area contributed by atoms with Gasteiger partial charge in [0.15, 0.2) is 5.78 Å². The molecule has 2 aromatic carbocycles. The molecule has 2 aliphatic rings. The van der Waals surface area contributed by atoms with E-state index in [-0.39, 0.29) is 40.7 Å². The molecule has 0 saturated carbocycles. The van der Waals surface area contributed by atoms with E-state index in [4.69, 9.17) is 4.84 Å². The second-order valence-corrected chi connectivity index (χ2v) is 6.24. The molecule has 0 atom stereocenters. The number of ketones is 2. The number of phenols is 2. The van der Waals surface area contributed by atoms with Crippen LogP contribution in [0.15, 0.2) is 30.3 Å². The second-order valence-electron chi connectivity index (χ2n) is 6.24. The van der Waals surface area contributed by atoms with Crippen molar-refractivity contribution in [3.63, 3.8) is 0 Å². The molecule has 1 fully saturated rings. The SMILES string of the molecule is O=C(ON1C(=O)CCC1=O)c1cc(O)c2c(c1)C(=O)c1cccc(O)c1C2=O. The zero-order valence-electron chi connectivity index (χ0n) is 14.1. The zero-order valence-corrected chi connectivity index (χ0v) is 14.1. The first-order chi connectivity index (χ1) is 13.3. The lowest BCUT2D eigenvalue weighted by atomic mass is 9.82. The highest BCUT2D eigenvalue weighted by atomic mass is 16.7. The first-order valence-electron chi connectivity index (χ1n) is 8.16. The van der Waals surface area contributed by atoms with Crippen molar-refractivity contribution in [2.45, 2.75) is 12.8 Å². The molecule has 0 aromatic heterocycles. The number of fused-ring (bicyclic) bond motifs is 2. The zero-order chi connectivity index (χ0) is 20.2. The Morgan fingerprint density at radius 3 is 2.18 bits per heavy atom. The van der Waals surface area contributed by atoms with Gasteiger partial charge in [0.1, 0.15) is 11.5 Å². The maximum absolute atomic E-state index is 12.7. The number of phenolic OH excluding ortho intramolecular Hbond substituents is 2. The largest absolute Gasteiger partial charge is 0.507 e. The van der Waals surface area contributed by atoms with Crippen LogP contribution in [0.2, 0.25) is 0 Å². The van der Waals surface area contributed by atoms with Gasteiger partial charge in [0.05, 0.1) is 16.7 Å². The van der Waals surface area contributed by atoms with Gasteiger partial charge >= 0.3 is 5.97 Å². The van der Waals surface area contributed by atoms with Crippen molar-refractivity contribution in [1.29, 1.82) is 0 Å². The lowest BCUT2D eigenvalue weighted by Crippen LogP contribution is -2.32. The Morgan fingerprint density at radius 1 is 0.857 bits per heavy atom. The molecule has 2 aromatic rings. The monoisotopic (exact) mass is 381 g/mol. The minimum Gasteiger partial charge on any atom is -0.507 e. The van der Waals surface area contributed by atoms with Crippen molar-refractivity contribution < 1.29 is 39.0 Å². The number of hydroxylamine groups is 2. The summed E-state index contributed by atoms with van der Waals surface area (Å²) in [5.74, 6) is -5.05. The van der Waals surface area contributed by atoms with E-state index in [0.717, 1.165) is 12.1 Å². The summed E-state index contributed by atoms with van der Waals surface area (Å²) in [7, 11) is 0. The van der Waals surface area contributed by atoms with Crippen LogP contribution in [-0.2, 0) is 14.4 Å². The number of amides is 2. The van der Waals surface area contributed by atoms with E-state index in [0.29, 0.717) is 5.06 Å². The fraction of sp³-hybridized carbons (Fsp3) is 0.105. The van der Waals surface area contributed by atoms with Crippen molar-refractivity contribution in [1.82, 2.24) is 5.06 Å². The van der Waals surface area contributed by atoms with E-state index in [1.54, 1.807) is 0 Å². The molecule has 9 nitrogen and oxygen atoms in total. The Hall–Kier alpha value is -4.01. The Labute approximate surface area is 156 Å². The fourth-order valence-electron chi connectivity index (χ4n) is 3.19. The smallest absolute Gasteiger partial charge is 0.364 e. The Morgan fingerprint density at radius 2 is 1.50 bits per heavy atom. The van der Waals surface area contributed by atoms with Gasteiger partial charge in [-0.1, -0.05) is 12.1 Å². The Balaban J connectivity index is 1.76. The van der Waals surface area contributed by atoms with Gasteiger partial charge in [-0.15, -0.1) is 5.06 Å². The average Bonchev–Trinajstić information content (AvgIpc) is 2.97. The normalized spacial score (nSPS) is 15.5.